The van der Waals surface area contributed by atoms with E-state index in [1.165, 1.54) is 5.56 Å². The number of nitrogens with zero attached hydrogens (tertiary/aromatic N) is 1. The van der Waals surface area contributed by atoms with Crippen LogP contribution >= 0.6 is 11.8 Å². The third-order valence-electron chi connectivity index (χ3n) is 2.56. The molecule has 2 rings (SSSR count). The summed E-state index contributed by atoms with van der Waals surface area (Å²) in [5, 5.41) is 1.16. The monoisotopic (exact) mass is 232 g/mol. The van der Waals surface area contributed by atoms with Gasteiger partial charge in [-0.2, -0.15) is 11.8 Å². The molecule has 3 heteroatoms. The lowest BCUT2D eigenvalue weighted by Crippen LogP contribution is -2.13. The third-order valence-corrected chi connectivity index (χ3v) is 3.56. The van der Waals surface area contributed by atoms with Crippen molar-refractivity contribution in [2.24, 2.45) is 5.73 Å². The van der Waals surface area contributed by atoms with E-state index in [4.69, 9.17) is 5.73 Å². The summed E-state index contributed by atoms with van der Waals surface area (Å²) in [5.41, 5.74) is 8.36. The summed E-state index contributed by atoms with van der Waals surface area (Å²) in [6, 6.07) is 10.4. The minimum Gasteiger partial charge on any atom is -0.323 e. The molecule has 0 saturated carbocycles. The van der Waals surface area contributed by atoms with Crippen LogP contribution in [0.2, 0.25) is 0 Å². The molecule has 1 aromatic carbocycles. The van der Waals surface area contributed by atoms with Crippen LogP contribution in [0.3, 0.4) is 0 Å². The van der Waals surface area contributed by atoms with E-state index in [0.717, 1.165) is 22.4 Å². The smallest absolute Gasteiger partial charge is 0.0702 e. The Morgan fingerprint density at radius 2 is 2.25 bits per heavy atom. The number of benzene rings is 1. The number of pyridine rings is 1. The molecule has 0 bridgehead atoms. The number of thioether (sulfide) groups is 1. The number of fused-ring (bicyclic) bond motifs is 1. The van der Waals surface area contributed by atoms with Crippen molar-refractivity contribution in [1.29, 1.82) is 0 Å². The fraction of sp³-hybridized carbons (Fsp3) is 0.308. The molecule has 2 nitrogen and oxygen atoms in total. The first-order chi connectivity index (χ1) is 7.81. The molecule has 0 spiro atoms. The number of hydrogen-bond acceptors (Lipinski definition) is 3. The Kier molecular flexibility index (Phi) is 3.80. The molecule has 0 aliphatic rings. The van der Waals surface area contributed by atoms with Gasteiger partial charge in [-0.1, -0.05) is 19.1 Å². The van der Waals surface area contributed by atoms with Crippen molar-refractivity contribution in [1.82, 2.24) is 4.98 Å². The van der Waals surface area contributed by atoms with E-state index >= 15 is 0 Å². The highest BCUT2D eigenvalue weighted by molar-refractivity contribution is 7.99. The molecule has 1 heterocycles. The zero-order valence-corrected chi connectivity index (χ0v) is 10.2. The fourth-order valence-corrected chi connectivity index (χ4v) is 2.35. The van der Waals surface area contributed by atoms with Gasteiger partial charge < -0.3 is 5.73 Å². The van der Waals surface area contributed by atoms with Gasteiger partial charge in [-0.3, -0.25) is 4.98 Å². The number of aromatic nitrogens is 1. The van der Waals surface area contributed by atoms with Gasteiger partial charge in [0.25, 0.3) is 0 Å². The Morgan fingerprint density at radius 1 is 1.38 bits per heavy atom. The molecular weight excluding hydrogens is 216 g/mol. The molecule has 16 heavy (non-hydrogen) atoms. The van der Waals surface area contributed by atoms with Crippen LogP contribution in [0.15, 0.2) is 36.5 Å². The highest BCUT2D eigenvalue weighted by Gasteiger charge is 2.06. The zero-order valence-electron chi connectivity index (χ0n) is 9.39. The minimum absolute atomic E-state index is 0.120. The summed E-state index contributed by atoms with van der Waals surface area (Å²) in [6.45, 7) is 2.15. The van der Waals surface area contributed by atoms with Crippen molar-refractivity contribution in [2.45, 2.75) is 13.0 Å². The van der Waals surface area contributed by atoms with Crippen LogP contribution in [0.1, 0.15) is 18.5 Å². The second-order valence-corrected chi connectivity index (χ2v) is 5.04. The predicted molar refractivity (Wildman–Crippen MR) is 71.7 cm³/mol. The van der Waals surface area contributed by atoms with Crippen LogP contribution in [0.5, 0.6) is 0 Å². The summed E-state index contributed by atoms with van der Waals surface area (Å²) in [5.74, 6) is 2.09. The Bertz CT molecular complexity index is 470. The van der Waals surface area contributed by atoms with Gasteiger partial charge in [0.05, 0.1) is 5.52 Å². The molecule has 0 amide bonds. The maximum Gasteiger partial charge on any atom is 0.0702 e. The van der Waals surface area contributed by atoms with E-state index in [9.17, 15) is 0 Å². The summed E-state index contributed by atoms with van der Waals surface area (Å²) in [7, 11) is 0. The van der Waals surface area contributed by atoms with Gasteiger partial charge in [0, 0.05) is 23.4 Å². The zero-order chi connectivity index (χ0) is 11.4. The fourth-order valence-electron chi connectivity index (χ4n) is 1.67. The van der Waals surface area contributed by atoms with Crippen molar-refractivity contribution in [2.75, 3.05) is 11.5 Å². The van der Waals surface area contributed by atoms with E-state index in [1.807, 2.05) is 30.1 Å². The molecule has 0 aliphatic carbocycles. The summed E-state index contributed by atoms with van der Waals surface area (Å²) < 4.78 is 0. The lowest BCUT2D eigenvalue weighted by molar-refractivity contribution is 0.833. The van der Waals surface area contributed by atoms with E-state index < -0.39 is 0 Å². The van der Waals surface area contributed by atoms with Gasteiger partial charge in [0.15, 0.2) is 0 Å². The highest BCUT2D eigenvalue weighted by Crippen LogP contribution is 2.20. The van der Waals surface area contributed by atoms with Crippen molar-refractivity contribution in [3.8, 4) is 0 Å². The van der Waals surface area contributed by atoms with Crippen molar-refractivity contribution < 1.29 is 0 Å². The molecule has 0 aliphatic heterocycles. The molecule has 84 valence electrons. The minimum atomic E-state index is 0.120. The van der Waals surface area contributed by atoms with Crippen molar-refractivity contribution in [3.05, 3.63) is 42.1 Å². The Hall–Kier alpha value is -1.06. The second-order valence-electron chi connectivity index (χ2n) is 3.72. The summed E-state index contributed by atoms with van der Waals surface area (Å²) in [6.07, 6.45) is 1.81. The third kappa shape index (κ3) is 2.54. The standard InChI is InChI=1S/C13H16N2S/c1-2-16-9-12(14)10-5-6-13-11(8-10)4-3-7-15-13/h3-8,12H,2,9,14H2,1H3. The van der Waals surface area contributed by atoms with E-state index in [-0.39, 0.29) is 6.04 Å². The maximum absolute atomic E-state index is 6.13. The first-order valence-electron chi connectivity index (χ1n) is 5.49. The second kappa shape index (κ2) is 5.32. The average Bonchev–Trinajstić information content (AvgIpc) is 2.35. The summed E-state index contributed by atoms with van der Waals surface area (Å²) >= 11 is 1.88. The maximum atomic E-state index is 6.13. The molecule has 2 N–H and O–H groups in total. The first-order valence-corrected chi connectivity index (χ1v) is 6.64. The average molecular weight is 232 g/mol. The predicted octanol–water partition coefficient (Wildman–Crippen LogP) is 2.99. The number of nitrogens with two attached hydrogens (primary N) is 1. The number of rotatable bonds is 4. The Labute approximate surface area is 100 Å². The van der Waals surface area contributed by atoms with Crippen molar-refractivity contribution >= 4 is 22.7 Å². The molecule has 0 saturated heterocycles. The van der Waals surface area contributed by atoms with Crippen LogP contribution < -0.4 is 5.73 Å². The molecule has 1 unspecified atom stereocenters. The first kappa shape index (κ1) is 11.4. The topological polar surface area (TPSA) is 38.9 Å². The highest BCUT2D eigenvalue weighted by atomic mass is 32.2. The van der Waals surface area contributed by atoms with Gasteiger partial charge >= 0.3 is 0 Å². The molecule has 0 radical (unpaired) electrons. The van der Waals surface area contributed by atoms with E-state index in [1.54, 1.807) is 0 Å². The van der Waals surface area contributed by atoms with Crippen LogP contribution in [-0.2, 0) is 0 Å². The van der Waals surface area contributed by atoms with E-state index in [0.29, 0.717) is 0 Å². The molecule has 2 aromatic rings. The molecule has 1 atom stereocenters. The van der Waals surface area contributed by atoms with Gasteiger partial charge in [-0.05, 0) is 29.5 Å². The van der Waals surface area contributed by atoms with Crippen LogP contribution in [0.25, 0.3) is 10.9 Å². The Balaban J connectivity index is 2.25. The lowest BCUT2D eigenvalue weighted by atomic mass is 10.1. The Morgan fingerprint density at radius 3 is 3.06 bits per heavy atom. The van der Waals surface area contributed by atoms with Gasteiger partial charge in [0.1, 0.15) is 0 Å². The summed E-state index contributed by atoms with van der Waals surface area (Å²) in [4.78, 5) is 4.30. The van der Waals surface area contributed by atoms with Crippen LogP contribution in [0.4, 0.5) is 0 Å². The molecular formula is C13H16N2S. The lowest BCUT2D eigenvalue weighted by Gasteiger charge is -2.11. The van der Waals surface area contributed by atoms with E-state index in [2.05, 4.69) is 30.1 Å². The molecule has 1 aromatic heterocycles. The van der Waals surface area contributed by atoms with Gasteiger partial charge in [-0.25, -0.2) is 0 Å². The normalized spacial score (nSPS) is 12.9. The largest absolute Gasteiger partial charge is 0.323 e. The van der Waals surface area contributed by atoms with Crippen LogP contribution in [0, 0.1) is 0 Å². The molecule has 0 fully saturated rings. The van der Waals surface area contributed by atoms with Gasteiger partial charge in [-0.15, -0.1) is 0 Å². The quantitative estimate of drug-likeness (QED) is 0.880. The SMILES string of the molecule is CCSCC(N)c1ccc2ncccc2c1. The van der Waals surface area contributed by atoms with Crippen LogP contribution in [-0.4, -0.2) is 16.5 Å². The number of hydrogen-bond donors (Lipinski definition) is 1. The van der Waals surface area contributed by atoms with Gasteiger partial charge in [0.2, 0.25) is 0 Å². The van der Waals surface area contributed by atoms with Crippen molar-refractivity contribution in [3.63, 3.8) is 0 Å².